The monoisotopic (exact) mass is 418 g/mol. The zero-order valence-corrected chi connectivity index (χ0v) is 17.8. The summed E-state index contributed by atoms with van der Waals surface area (Å²) in [5, 5.41) is 0. The molecule has 0 amide bonds. The van der Waals surface area contributed by atoms with Gasteiger partial charge in [0, 0.05) is 0 Å². The Morgan fingerprint density at radius 3 is 1.68 bits per heavy atom. The van der Waals surface area contributed by atoms with Gasteiger partial charge in [-0.3, -0.25) is 0 Å². The van der Waals surface area contributed by atoms with Crippen molar-refractivity contribution >= 4 is 30.6 Å². The molecule has 0 atom stereocenters. The number of ether oxygens (including phenoxy) is 1. The molecule has 0 aliphatic carbocycles. The molecular formula is C18H34O3Sn. The number of rotatable bonds is 13. The first-order valence-corrected chi connectivity index (χ1v) is 16.4. The van der Waals surface area contributed by atoms with Crippen LogP contribution in [0.15, 0.2) is 9.67 Å². The minimum absolute atomic E-state index is 0.338. The maximum atomic E-state index is 11.9. The number of hydrogen-bond donors (Lipinski definition) is 0. The number of unbranched alkanes of at least 4 members (excludes halogenated alkanes) is 3. The third-order valence-corrected chi connectivity index (χ3v) is 19.8. The molecule has 0 unspecified atom stereocenters. The minimum atomic E-state index is -2.77. The number of esters is 1. The van der Waals surface area contributed by atoms with Crippen LogP contribution < -0.4 is 0 Å². The van der Waals surface area contributed by atoms with Gasteiger partial charge in [-0.2, -0.15) is 0 Å². The average Bonchev–Trinajstić information content (AvgIpc) is 2.53. The van der Waals surface area contributed by atoms with Gasteiger partial charge in [-0.15, -0.1) is 0 Å². The van der Waals surface area contributed by atoms with Gasteiger partial charge in [0.2, 0.25) is 0 Å². The summed E-state index contributed by atoms with van der Waals surface area (Å²) in [6.07, 6.45) is 9.52. The molecule has 0 saturated carbocycles. The Labute approximate surface area is 140 Å². The summed E-state index contributed by atoms with van der Waals surface area (Å²) >= 11 is -2.77. The number of aldehydes is 1. The fourth-order valence-corrected chi connectivity index (χ4v) is 18.3. The maximum absolute atomic E-state index is 11.9. The molecule has 0 rings (SSSR count). The van der Waals surface area contributed by atoms with Crippen LogP contribution in [0.4, 0.5) is 0 Å². The van der Waals surface area contributed by atoms with Gasteiger partial charge in [0.1, 0.15) is 0 Å². The summed E-state index contributed by atoms with van der Waals surface area (Å²) in [7, 11) is 0. The second kappa shape index (κ2) is 13.1. The van der Waals surface area contributed by atoms with Gasteiger partial charge in [0.25, 0.3) is 0 Å². The number of allylic oxidation sites excluding steroid dienone is 1. The van der Waals surface area contributed by atoms with E-state index < -0.39 is 18.4 Å². The second-order valence-corrected chi connectivity index (χ2v) is 19.3. The van der Waals surface area contributed by atoms with E-state index in [-0.39, 0.29) is 5.97 Å². The van der Waals surface area contributed by atoms with Crippen molar-refractivity contribution in [3.63, 3.8) is 0 Å². The molecular weight excluding hydrogens is 383 g/mol. The molecule has 0 aliphatic rings. The summed E-state index contributed by atoms with van der Waals surface area (Å²) in [4.78, 5) is 23.6. The molecule has 0 aliphatic heterocycles. The number of hydrogen-bond acceptors (Lipinski definition) is 3. The van der Waals surface area contributed by atoms with E-state index in [1.165, 1.54) is 38.6 Å². The van der Waals surface area contributed by atoms with Gasteiger partial charge in [0.05, 0.1) is 0 Å². The van der Waals surface area contributed by atoms with Crippen molar-refractivity contribution in [2.75, 3.05) is 6.61 Å². The third kappa shape index (κ3) is 7.79. The first kappa shape index (κ1) is 21.7. The van der Waals surface area contributed by atoms with E-state index in [4.69, 9.17) is 4.74 Å². The Kier molecular flexibility index (Phi) is 13.0. The second-order valence-electron chi connectivity index (χ2n) is 6.06. The van der Waals surface area contributed by atoms with Crippen LogP contribution in [0.1, 0.15) is 66.2 Å². The van der Waals surface area contributed by atoms with Gasteiger partial charge in [-0.1, -0.05) is 0 Å². The topological polar surface area (TPSA) is 43.4 Å². The van der Waals surface area contributed by atoms with Crippen LogP contribution in [0.5, 0.6) is 0 Å². The first-order chi connectivity index (χ1) is 10.6. The van der Waals surface area contributed by atoms with Crippen LogP contribution in [0.25, 0.3) is 0 Å². The van der Waals surface area contributed by atoms with E-state index in [0.29, 0.717) is 6.61 Å². The van der Waals surface area contributed by atoms with Crippen molar-refractivity contribution < 1.29 is 14.3 Å². The molecule has 0 aromatic carbocycles. The molecule has 3 nitrogen and oxygen atoms in total. The summed E-state index contributed by atoms with van der Waals surface area (Å²) in [5.41, 5.74) is 0. The molecule has 128 valence electrons. The van der Waals surface area contributed by atoms with Gasteiger partial charge in [-0.05, 0) is 0 Å². The molecule has 0 bridgehead atoms. The number of carbonyl (C=O) groups excluding carboxylic acids is 2. The van der Waals surface area contributed by atoms with Gasteiger partial charge in [-0.25, -0.2) is 0 Å². The van der Waals surface area contributed by atoms with E-state index >= 15 is 0 Å². The third-order valence-electron chi connectivity index (χ3n) is 4.33. The number of carbonyl (C=O) groups is 2. The van der Waals surface area contributed by atoms with E-state index in [1.54, 1.807) is 6.92 Å². The zero-order valence-electron chi connectivity index (χ0n) is 15.0. The van der Waals surface area contributed by atoms with Crippen molar-refractivity contribution in [3.8, 4) is 0 Å². The summed E-state index contributed by atoms with van der Waals surface area (Å²) in [6.45, 7) is 8.76. The molecule has 0 aromatic rings. The predicted molar refractivity (Wildman–Crippen MR) is 95.7 cm³/mol. The van der Waals surface area contributed by atoms with Crippen LogP contribution in [-0.4, -0.2) is 37.2 Å². The van der Waals surface area contributed by atoms with Crippen LogP contribution in [0.2, 0.25) is 13.3 Å². The molecule has 22 heavy (non-hydrogen) atoms. The summed E-state index contributed by atoms with van der Waals surface area (Å²) in [6, 6.07) is 0. The molecule has 0 fully saturated rings. The van der Waals surface area contributed by atoms with Crippen molar-refractivity contribution in [3.05, 3.63) is 9.67 Å². The zero-order chi connectivity index (χ0) is 16.8. The van der Waals surface area contributed by atoms with Crippen molar-refractivity contribution in [1.82, 2.24) is 0 Å². The van der Waals surface area contributed by atoms with Gasteiger partial charge < -0.3 is 0 Å². The van der Waals surface area contributed by atoms with Crippen molar-refractivity contribution in [2.24, 2.45) is 0 Å². The molecule has 0 aromatic heterocycles. The van der Waals surface area contributed by atoms with Crippen LogP contribution in [0.3, 0.4) is 0 Å². The predicted octanol–water partition coefficient (Wildman–Crippen LogP) is 5.06. The Morgan fingerprint density at radius 2 is 1.36 bits per heavy atom. The van der Waals surface area contributed by atoms with Crippen molar-refractivity contribution in [2.45, 2.75) is 79.5 Å². The Morgan fingerprint density at radius 1 is 0.909 bits per heavy atom. The van der Waals surface area contributed by atoms with Crippen LogP contribution in [-0.2, 0) is 14.3 Å². The molecule has 0 spiro atoms. The van der Waals surface area contributed by atoms with Crippen LogP contribution in [0, 0.1) is 0 Å². The van der Waals surface area contributed by atoms with Gasteiger partial charge in [0.15, 0.2) is 0 Å². The quantitative estimate of drug-likeness (QED) is 0.182. The average molecular weight is 417 g/mol. The fourth-order valence-electron chi connectivity index (χ4n) is 2.98. The van der Waals surface area contributed by atoms with E-state index in [9.17, 15) is 9.59 Å². The molecule has 4 heteroatoms. The molecule has 0 saturated heterocycles. The van der Waals surface area contributed by atoms with E-state index in [2.05, 4.69) is 20.8 Å². The molecule has 0 N–H and O–H groups in total. The van der Waals surface area contributed by atoms with Gasteiger partial charge >= 0.3 is 141 Å². The summed E-state index contributed by atoms with van der Waals surface area (Å²) in [5.74, 6) is -0.338. The summed E-state index contributed by atoms with van der Waals surface area (Å²) < 4.78 is 9.46. The van der Waals surface area contributed by atoms with E-state index in [1.807, 2.05) is 0 Å². The Hall–Kier alpha value is -0.321. The first-order valence-electron chi connectivity index (χ1n) is 8.94. The normalized spacial score (nSPS) is 12.3. The van der Waals surface area contributed by atoms with Crippen molar-refractivity contribution in [1.29, 1.82) is 0 Å². The molecule has 0 radical (unpaired) electrons. The Balaban J connectivity index is 5.48. The van der Waals surface area contributed by atoms with E-state index in [0.717, 1.165) is 29.1 Å². The SMILES string of the molecule is CCC[CH2][Sn]([CH2]CCC)([CH2]CCC)/[C](C=O)=C\C(=O)OCC. The Bertz CT molecular complexity index is 328. The standard InChI is InChI=1S/C6H7O3.3C4H9.Sn/c1-2-9-6(8)4-3-5-7;3*1-3-4-2;/h4-5H,2H2,1H3;3*1,3-4H2,2H3;. The molecule has 0 heterocycles. The fraction of sp³-hybridized carbons (Fsp3) is 0.778. The van der Waals surface area contributed by atoms with Crippen LogP contribution >= 0.6 is 0 Å².